The van der Waals surface area contributed by atoms with Gasteiger partial charge in [0.15, 0.2) is 0 Å². The summed E-state index contributed by atoms with van der Waals surface area (Å²) in [6.07, 6.45) is -2.87. The van der Waals surface area contributed by atoms with Crippen LogP contribution in [0.1, 0.15) is 28.0 Å². The molecule has 5 nitrogen and oxygen atoms in total. The van der Waals surface area contributed by atoms with Crippen LogP contribution < -0.4 is 11.3 Å². The molecular formula is C9H10F2N2O3. The lowest BCUT2D eigenvalue weighted by atomic mass is 10.1. The molecule has 0 saturated heterocycles. The normalized spacial score (nSPS) is 10.6. The van der Waals surface area contributed by atoms with Crippen molar-refractivity contribution in [3.05, 3.63) is 33.2 Å². The van der Waals surface area contributed by atoms with Crippen molar-refractivity contribution in [2.75, 3.05) is 7.11 Å². The first-order valence-electron chi connectivity index (χ1n) is 4.33. The predicted molar refractivity (Wildman–Crippen MR) is 51.3 cm³/mol. The lowest BCUT2D eigenvalue weighted by Gasteiger charge is -2.10. The average Bonchev–Trinajstić information content (AvgIpc) is 2.26. The minimum atomic E-state index is -2.87. The summed E-state index contributed by atoms with van der Waals surface area (Å²) in [6.45, 7) is -0.291. The molecule has 3 N–H and O–H groups in total. The summed E-state index contributed by atoms with van der Waals surface area (Å²) in [5.74, 6) is -0.903. The molecule has 0 amide bonds. The number of hydrogen-bond donors (Lipinski definition) is 2. The van der Waals surface area contributed by atoms with Crippen LogP contribution in [0, 0.1) is 0 Å². The second-order valence-electron chi connectivity index (χ2n) is 2.94. The third kappa shape index (κ3) is 2.25. The van der Waals surface area contributed by atoms with Gasteiger partial charge in [-0.1, -0.05) is 0 Å². The summed E-state index contributed by atoms with van der Waals surface area (Å²) in [4.78, 5) is 24.4. The SMILES string of the molecule is COC(=O)c1[nH]c(=O)cc(C(F)F)c1CN. The molecule has 1 heterocycles. The van der Waals surface area contributed by atoms with E-state index in [1.165, 1.54) is 0 Å². The highest BCUT2D eigenvalue weighted by Gasteiger charge is 2.21. The number of methoxy groups -OCH3 is 1. The minimum absolute atomic E-state index is 0.110. The minimum Gasteiger partial charge on any atom is -0.464 e. The zero-order valence-corrected chi connectivity index (χ0v) is 8.42. The van der Waals surface area contributed by atoms with Gasteiger partial charge in [-0.15, -0.1) is 0 Å². The van der Waals surface area contributed by atoms with E-state index < -0.39 is 23.5 Å². The number of halogens is 2. The highest BCUT2D eigenvalue weighted by molar-refractivity contribution is 5.89. The van der Waals surface area contributed by atoms with E-state index >= 15 is 0 Å². The zero-order valence-electron chi connectivity index (χ0n) is 8.42. The van der Waals surface area contributed by atoms with Crippen LogP contribution in [0.25, 0.3) is 0 Å². The van der Waals surface area contributed by atoms with Gasteiger partial charge in [0, 0.05) is 23.7 Å². The number of hydrogen-bond acceptors (Lipinski definition) is 4. The lowest BCUT2D eigenvalue weighted by Crippen LogP contribution is -2.21. The number of aromatic amines is 1. The molecule has 0 saturated carbocycles. The van der Waals surface area contributed by atoms with E-state index in [1.807, 2.05) is 0 Å². The Morgan fingerprint density at radius 3 is 2.69 bits per heavy atom. The van der Waals surface area contributed by atoms with Gasteiger partial charge in [-0.05, 0) is 0 Å². The molecule has 0 bridgehead atoms. The molecule has 0 aromatic carbocycles. The molecule has 0 aliphatic heterocycles. The van der Waals surface area contributed by atoms with Crippen LogP contribution in [-0.4, -0.2) is 18.1 Å². The van der Waals surface area contributed by atoms with Crippen molar-refractivity contribution >= 4 is 5.97 Å². The highest BCUT2D eigenvalue weighted by Crippen LogP contribution is 2.23. The largest absolute Gasteiger partial charge is 0.464 e. The van der Waals surface area contributed by atoms with Crippen molar-refractivity contribution in [1.29, 1.82) is 0 Å². The molecule has 1 rings (SSSR count). The fraction of sp³-hybridized carbons (Fsp3) is 0.333. The van der Waals surface area contributed by atoms with Gasteiger partial charge in [-0.2, -0.15) is 0 Å². The molecule has 7 heteroatoms. The highest BCUT2D eigenvalue weighted by atomic mass is 19.3. The molecule has 0 aliphatic carbocycles. The van der Waals surface area contributed by atoms with Crippen LogP contribution in [-0.2, 0) is 11.3 Å². The van der Waals surface area contributed by atoms with Crippen molar-refractivity contribution in [2.24, 2.45) is 5.73 Å². The van der Waals surface area contributed by atoms with Crippen molar-refractivity contribution in [3.63, 3.8) is 0 Å². The van der Waals surface area contributed by atoms with Gasteiger partial charge in [0.25, 0.3) is 6.43 Å². The number of H-pyrrole nitrogens is 1. The van der Waals surface area contributed by atoms with E-state index in [0.717, 1.165) is 13.2 Å². The summed E-state index contributed by atoms with van der Waals surface area (Å²) < 4.78 is 29.5. The van der Waals surface area contributed by atoms with Crippen LogP contribution in [0.5, 0.6) is 0 Å². The number of aromatic nitrogens is 1. The Labute approximate surface area is 89.2 Å². The van der Waals surface area contributed by atoms with Crippen molar-refractivity contribution in [2.45, 2.75) is 13.0 Å². The first-order chi connectivity index (χ1) is 7.51. The summed E-state index contributed by atoms with van der Waals surface area (Å²) in [6, 6.07) is 0.722. The molecule has 0 radical (unpaired) electrons. The molecule has 0 unspecified atom stereocenters. The van der Waals surface area contributed by atoms with Gasteiger partial charge in [-0.3, -0.25) is 4.79 Å². The van der Waals surface area contributed by atoms with Crippen LogP contribution in [0.3, 0.4) is 0 Å². The maximum absolute atomic E-state index is 12.6. The van der Waals surface area contributed by atoms with Crippen LogP contribution in [0.15, 0.2) is 10.9 Å². The Hall–Kier alpha value is -1.76. The summed E-state index contributed by atoms with van der Waals surface area (Å²) >= 11 is 0. The molecule has 1 aromatic heterocycles. The Bertz CT molecular complexity index is 457. The topological polar surface area (TPSA) is 85.2 Å². The maximum atomic E-state index is 12.6. The third-order valence-corrected chi connectivity index (χ3v) is 2.01. The van der Waals surface area contributed by atoms with Crippen LogP contribution >= 0.6 is 0 Å². The quantitative estimate of drug-likeness (QED) is 0.745. The molecular weight excluding hydrogens is 222 g/mol. The number of rotatable bonds is 3. The molecule has 16 heavy (non-hydrogen) atoms. The summed E-state index contributed by atoms with van der Waals surface area (Å²) in [5, 5.41) is 0. The summed E-state index contributed by atoms with van der Waals surface area (Å²) in [5.41, 5.74) is 3.49. The van der Waals surface area contributed by atoms with Crippen molar-refractivity contribution in [1.82, 2.24) is 4.98 Å². The lowest BCUT2D eigenvalue weighted by molar-refractivity contribution is 0.0591. The first-order valence-corrected chi connectivity index (χ1v) is 4.33. The van der Waals surface area contributed by atoms with Gasteiger partial charge < -0.3 is 15.5 Å². The van der Waals surface area contributed by atoms with Crippen LogP contribution in [0.4, 0.5) is 8.78 Å². The van der Waals surface area contributed by atoms with Gasteiger partial charge in [-0.25, -0.2) is 13.6 Å². The fourth-order valence-electron chi connectivity index (χ4n) is 1.30. The van der Waals surface area contributed by atoms with E-state index in [9.17, 15) is 18.4 Å². The average molecular weight is 232 g/mol. The molecule has 0 fully saturated rings. The Kier molecular flexibility index (Phi) is 3.73. The number of nitrogens with one attached hydrogen (secondary N) is 1. The number of nitrogens with two attached hydrogens (primary N) is 1. The maximum Gasteiger partial charge on any atom is 0.354 e. The van der Waals surface area contributed by atoms with Gasteiger partial charge in [0.2, 0.25) is 5.56 Å². The Balaban J connectivity index is 3.48. The van der Waals surface area contributed by atoms with E-state index in [2.05, 4.69) is 9.72 Å². The van der Waals surface area contributed by atoms with Gasteiger partial charge >= 0.3 is 5.97 Å². The van der Waals surface area contributed by atoms with Crippen molar-refractivity contribution in [3.8, 4) is 0 Å². The van der Waals surface area contributed by atoms with E-state index in [4.69, 9.17) is 5.73 Å². The Morgan fingerprint density at radius 2 is 2.25 bits per heavy atom. The van der Waals surface area contributed by atoms with E-state index in [1.54, 1.807) is 0 Å². The van der Waals surface area contributed by atoms with Crippen LogP contribution in [0.2, 0.25) is 0 Å². The standard InChI is InChI=1S/C9H10F2N2O3/c1-16-9(15)7-5(3-12)4(8(10)11)2-6(14)13-7/h2,8H,3,12H2,1H3,(H,13,14). The first kappa shape index (κ1) is 12.3. The number of carbonyl (C=O) groups is 1. The second-order valence-corrected chi connectivity index (χ2v) is 2.94. The van der Waals surface area contributed by atoms with Gasteiger partial charge in [0.05, 0.1) is 7.11 Å². The second kappa shape index (κ2) is 4.84. The Morgan fingerprint density at radius 1 is 1.62 bits per heavy atom. The zero-order chi connectivity index (χ0) is 12.3. The number of alkyl halides is 2. The third-order valence-electron chi connectivity index (χ3n) is 2.01. The van der Waals surface area contributed by atoms with Crippen molar-refractivity contribution < 1.29 is 18.3 Å². The fourth-order valence-corrected chi connectivity index (χ4v) is 1.30. The predicted octanol–water partition coefficient (Wildman–Crippen LogP) is 0.558. The number of pyridine rings is 1. The van der Waals surface area contributed by atoms with E-state index in [-0.39, 0.29) is 17.8 Å². The van der Waals surface area contributed by atoms with Gasteiger partial charge in [0.1, 0.15) is 5.69 Å². The molecule has 0 atom stereocenters. The smallest absolute Gasteiger partial charge is 0.354 e. The molecule has 88 valence electrons. The molecule has 0 spiro atoms. The monoisotopic (exact) mass is 232 g/mol. The molecule has 1 aromatic rings. The van der Waals surface area contributed by atoms with E-state index in [0.29, 0.717) is 0 Å². The summed E-state index contributed by atoms with van der Waals surface area (Å²) in [7, 11) is 1.08. The molecule has 0 aliphatic rings. The number of carbonyl (C=O) groups excluding carboxylic acids is 1. The number of ether oxygens (including phenoxy) is 1. The number of esters is 1.